The summed E-state index contributed by atoms with van der Waals surface area (Å²) in [7, 11) is 0. The number of nitrogens with one attached hydrogen (secondary N) is 3. The lowest BCUT2D eigenvalue weighted by Crippen LogP contribution is -2.30. The van der Waals surface area contributed by atoms with Crippen molar-refractivity contribution < 1.29 is 13.9 Å². The number of hydrogen-bond donors (Lipinski definition) is 3. The van der Waals surface area contributed by atoms with Crippen molar-refractivity contribution in [3.05, 3.63) is 77.2 Å². The molecule has 156 valence electrons. The number of carbonyl (C=O) groups excluding carboxylic acids is 1. The molecular formula is C21H21BrFN5O2. The van der Waals surface area contributed by atoms with Crippen molar-refractivity contribution >= 4 is 39.8 Å². The molecule has 2 rings (SSSR count). The summed E-state index contributed by atoms with van der Waals surface area (Å²) in [6.45, 7) is 7.72. The second-order valence-corrected chi connectivity index (χ2v) is 6.82. The number of rotatable bonds is 10. The van der Waals surface area contributed by atoms with Gasteiger partial charge in [0.15, 0.2) is 5.84 Å². The van der Waals surface area contributed by atoms with Crippen molar-refractivity contribution in [3.63, 3.8) is 0 Å². The van der Waals surface area contributed by atoms with Crippen LogP contribution in [-0.2, 0) is 0 Å². The molecule has 0 saturated carbocycles. The molecule has 0 spiro atoms. The number of pyridine rings is 1. The van der Waals surface area contributed by atoms with E-state index in [4.69, 9.17) is 15.6 Å². The molecule has 0 unspecified atom stereocenters. The molecule has 0 fully saturated rings. The van der Waals surface area contributed by atoms with E-state index in [0.29, 0.717) is 6.42 Å². The van der Waals surface area contributed by atoms with Gasteiger partial charge < -0.3 is 15.0 Å². The maximum absolute atomic E-state index is 13.9. The van der Waals surface area contributed by atoms with E-state index in [-0.39, 0.29) is 46.3 Å². The highest BCUT2D eigenvalue weighted by Gasteiger charge is 2.18. The quantitative estimate of drug-likeness (QED) is 0.203. The highest BCUT2D eigenvalue weighted by Crippen LogP contribution is 2.27. The van der Waals surface area contributed by atoms with Gasteiger partial charge in [-0.2, -0.15) is 0 Å². The van der Waals surface area contributed by atoms with E-state index in [1.54, 1.807) is 30.4 Å². The van der Waals surface area contributed by atoms with Crippen LogP contribution in [0.1, 0.15) is 22.5 Å². The number of halogens is 2. The smallest absolute Gasteiger partial charge is 0.260 e. The molecule has 7 nitrogen and oxygen atoms in total. The number of amides is 1. The van der Waals surface area contributed by atoms with Crippen LogP contribution in [-0.4, -0.2) is 41.1 Å². The van der Waals surface area contributed by atoms with Crippen LogP contribution in [0.4, 0.5) is 10.2 Å². The number of benzene rings is 1. The highest BCUT2D eigenvalue weighted by atomic mass is 79.9. The summed E-state index contributed by atoms with van der Waals surface area (Å²) in [5.41, 5.74) is 0.392. The Morgan fingerprint density at radius 3 is 2.77 bits per heavy atom. The molecule has 30 heavy (non-hydrogen) atoms. The molecule has 1 amide bonds. The van der Waals surface area contributed by atoms with Crippen molar-refractivity contribution in [3.8, 4) is 5.75 Å². The zero-order chi connectivity index (χ0) is 22.1. The first-order valence-corrected chi connectivity index (χ1v) is 9.68. The second kappa shape index (κ2) is 11.0. The van der Waals surface area contributed by atoms with Crippen molar-refractivity contribution in [2.75, 3.05) is 18.5 Å². The Bertz CT molecular complexity index is 980. The number of nitrogens with zero attached hydrogens (tertiary/aromatic N) is 2. The van der Waals surface area contributed by atoms with Crippen LogP contribution in [0, 0.1) is 16.6 Å². The summed E-state index contributed by atoms with van der Waals surface area (Å²) < 4.78 is 19.6. The van der Waals surface area contributed by atoms with E-state index in [2.05, 4.69) is 39.4 Å². The fourth-order valence-electron chi connectivity index (χ4n) is 2.39. The van der Waals surface area contributed by atoms with E-state index in [0.717, 1.165) is 12.4 Å². The van der Waals surface area contributed by atoms with E-state index >= 15 is 0 Å². The van der Waals surface area contributed by atoms with Crippen LogP contribution >= 0.6 is 15.9 Å². The molecule has 1 aromatic carbocycles. The molecule has 0 aliphatic carbocycles. The normalized spacial score (nSPS) is 10.1. The molecule has 0 atom stereocenters. The first kappa shape index (κ1) is 23.0. The maximum Gasteiger partial charge on any atom is 0.260 e. The predicted molar refractivity (Wildman–Crippen MR) is 119 cm³/mol. The minimum absolute atomic E-state index is 0.0148. The van der Waals surface area contributed by atoms with Crippen molar-refractivity contribution in [1.29, 1.82) is 10.8 Å². The molecule has 9 heteroatoms. The number of amidine groups is 1. The van der Waals surface area contributed by atoms with Gasteiger partial charge in [0.1, 0.15) is 23.1 Å². The van der Waals surface area contributed by atoms with Crippen LogP contribution in [0.25, 0.3) is 0 Å². The Labute approximate surface area is 182 Å². The van der Waals surface area contributed by atoms with E-state index in [9.17, 15) is 9.18 Å². The second-order valence-electron chi connectivity index (χ2n) is 5.97. The number of ether oxygens (including phenoxy) is 1. The molecule has 1 heterocycles. The van der Waals surface area contributed by atoms with Crippen LogP contribution in [0.15, 0.2) is 60.1 Å². The van der Waals surface area contributed by atoms with E-state index in [1.807, 2.05) is 0 Å². The summed E-state index contributed by atoms with van der Waals surface area (Å²) in [5.74, 6) is -0.819. The van der Waals surface area contributed by atoms with Gasteiger partial charge in [-0.1, -0.05) is 18.2 Å². The highest BCUT2D eigenvalue weighted by molar-refractivity contribution is 9.10. The standard InChI is InChI=1S/C21H21BrFN5O2/c1-3-5-10-30-18-12-16(23)15(22)11-14(18)21(29)27-19-8-6-7-17(26-19)20(25)28(13-24)9-4-2/h3-4,6-8,11-13,24-25H,1-2,5,9-10H2,(H,26,27,29). The minimum atomic E-state index is -0.553. The predicted octanol–water partition coefficient (Wildman–Crippen LogP) is 4.61. The lowest BCUT2D eigenvalue weighted by atomic mass is 10.1. The van der Waals surface area contributed by atoms with Crippen molar-refractivity contribution in [1.82, 2.24) is 9.88 Å². The Morgan fingerprint density at radius 1 is 1.33 bits per heavy atom. The maximum atomic E-state index is 13.9. The average Bonchev–Trinajstić information content (AvgIpc) is 2.74. The molecule has 0 bridgehead atoms. The van der Waals surface area contributed by atoms with Crippen LogP contribution < -0.4 is 10.1 Å². The van der Waals surface area contributed by atoms with Gasteiger partial charge in [-0.25, -0.2) is 9.37 Å². The lowest BCUT2D eigenvalue weighted by Gasteiger charge is -2.17. The van der Waals surface area contributed by atoms with Crippen LogP contribution in [0.5, 0.6) is 5.75 Å². The summed E-state index contributed by atoms with van der Waals surface area (Å²) >= 11 is 3.08. The largest absolute Gasteiger partial charge is 0.492 e. The Kier molecular flexibility index (Phi) is 8.42. The van der Waals surface area contributed by atoms with Gasteiger partial charge in [0.2, 0.25) is 0 Å². The van der Waals surface area contributed by atoms with Gasteiger partial charge in [-0.15, -0.1) is 13.2 Å². The van der Waals surface area contributed by atoms with Crippen molar-refractivity contribution in [2.24, 2.45) is 0 Å². The zero-order valence-corrected chi connectivity index (χ0v) is 17.7. The van der Waals surface area contributed by atoms with Gasteiger partial charge in [0.05, 0.1) is 23.0 Å². The lowest BCUT2D eigenvalue weighted by molar-refractivity contribution is 0.102. The third-order valence-electron chi connectivity index (χ3n) is 3.85. The molecule has 2 aromatic rings. The first-order chi connectivity index (χ1) is 14.4. The molecule has 0 aliphatic rings. The minimum Gasteiger partial charge on any atom is -0.492 e. The SMILES string of the molecule is C=CCCOc1cc(F)c(Br)cc1C(=O)Nc1cccc(C(=N)N(C=N)CC=C)n1. The summed E-state index contributed by atoms with van der Waals surface area (Å²) in [5, 5.41) is 18.2. The summed E-state index contributed by atoms with van der Waals surface area (Å²) in [6, 6.07) is 7.26. The van der Waals surface area contributed by atoms with Crippen LogP contribution in [0.3, 0.4) is 0 Å². The number of anilines is 1. The number of hydrogen-bond acceptors (Lipinski definition) is 5. The zero-order valence-electron chi connectivity index (χ0n) is 16.1. The van der Waals surface area contributed by atoms with E-state index in [1.165, 1.54) is 11.0 Å². The van der Waals surface area contributed by atoms with Gasteiger partial charge in [0, 0.05) is 12.6 Å². The fourth-order valence-corrected chi connectivity index (χ4v) is 2.74. The third-order valence-corrected chi connectivity index (χ3v) is 4.46. The molecule has 0 saturated heterocycles. The molecule has 1 aromatic heterocycles. The molecule has 0 radical (unpaired) electrons. The van der Waals surface area contributed by atoms with Crippen molar-refractivity contribution in [2.45, 2.75) is 6.42 Å². The fraction of sp³-hybridized carbons (Fsp3) is 0.143. The van der Waals surface area contributed by atoms with E-state index < -0.39 is 11.7 Å². The number of carbonyl (C=O) groups is 1. The topological polar surface area (TPSA) is 102 Å². The Hall–Kier alpha value is -3.33. The number of aromatic nitrogens is 1. The molecular weight excluding hydrogens is 453 g/mol. The summed E-state index contributed by atoms with van der Waals surface area (Å²) in [4.78, 5) is 18.4. The molecule has 3 N–H and O–H groups in total. The Balaban J connectivity index is 2.27. The van der Waals surface area contributed by atoms with Gasteiger partial charge in [-0.05, 0) is 40.5 Å². The van der Waals surface area contributed by atoms with Gasteiger partial charge >= 0.3 is 0 Å². The van der Waals surface area contributed by atoms with Gasteiger partial charge in [0.25, 0.3) is 5.91 Å². The third kappa shape index (κ3) is 5.84. The first-order valence-electron chi connectivity index (χ1n) is 8.89. The monoisotopic (exact) mass is 473 g/mol. The molecule has 0 aliphatic heterocycles. The Morgan fingerprint density at radius 2 is 2.10 bits per heavy atom. The van der Waals surface area contributed by atoms with Gasteiger partial charge in [-0.3, -0.25) is 15.6 Å². The van der Waals surface area contributed by atoms with Crippen LogP contribution in [0.2, 0.25) is 0 Å². The summed E-state index contributed by atoms with van der Waals surface area (Å²) in [6.07, 6.45) is 4.76. The average molecular weight is 474 g/mol.